The van der Waals surface area contributed by atoms with Crippen LogP contribution in [0.5, 0.6) is 10.8 Å². The molecule has 3 rings (SSSR count). The molecule has 0 bridgehead atoms. The van der Waals surface area contributed by atoms with Crippen molar-refractivity contribution in [2.45, 2.75) is 13.8 Å². The van der Waals surface area contributed by atoms with Gasteiger partial charge in [0.05, 0.1) is 22.1 Å². The van der Waals surface area contributed by atoms with Crippen LogP contribution in [0.2, 0.25) is 15.1 Å². The highest BCUT2D eigenvalue weighted by molar-refractivity contribution is 7.08. The summed E-state index contributed by atoms with van der Waals surface area (Å²) in [7, 11) is 1.94. The van der Waals surface area contributed by atoms with Gasteiger partial charge in [-0.1, -0.05) is 34.8 Å². The van der Waals surface area contributed by atoms with Crippen LogP contribution in [-0.4, -0.2) is 29.2 Å². The molecule has 0 fully saturated rings. The van der Waals surface area contributed by atoms with Crippen molar-refractivity contribution >= 4 is 58.4 Å². The molecule has 3 aromatic rings. The van der Waals surface area contributed by atoms with Crippen LogP contribution < -0.4 is 4.74 Å². The van der Waals surface area contributed by atoms with E-state index >= 15 is 0 Å². The number of hydrogen-bond donors (Lipinski definition) is 0. The van der Waals surface area contributed by atoms with E-state index < -0.39 is 0 Å². The van der Waals surface area contributed by atoms with E-state index in [4.69, 9.17) is 39.5 Å². The van der Waals surface area contributed by atoms with Crippen LogP contribution in [0.15, 0.2) is 35.3 Å². The zero-order chi connectivity index (χ0) is 21.8. The fourth-order valence-electron chi connectivity index (χ4n) is 2.51. The smallest absolute Gasteiger partial charge is 0.218 e. The number of aromatic nitrogens is 1. The third kappa shape index (κ3) is 4.88. The van der Waals surface area contributed by atoms with Crippen LogP contribution in [0.3, 0.4) is 0 Å². The van der Waals surface area contributed by atoms with Crippen molar-refractivity contribution in [2.75, 3.05) is 13.6 Å². The van der Waals surface area contributed by atoms with Gasteiger partial charge in [-0.2, -0.15) is 9.64 Å². The molecule has 9 heteroatoms. The van der Waals surface area contributed by atoms with Crippen LogP contribution in [0.1, 0.15) is 18.1 Å². The van der Waals surface area contributed by atoms with Gasteiger partial charge in [-0.3, -0.25) is 0 Å². The monoisotopic (exact) mass is 478 g/mol. The summed E-state index contributed by atoms with van der Waals surface area (Å²) in [5, 5.41) is 11.3. The number of nitrogens with zero attached hydrogens (tertiary/aromatic N) is 4. The maximum Gasteiger partial charge on any atom is 0.218 e. The summed E-state index contributed by atoms with van der Waals surface area (Å²) in [5.74, 6) is 0.422. The lowest BCUT2D eigenvalue weighted by Crippen LogP contribution is -2.14. The van der Waals surface area contributed by atoms with Gasteiger partial charge >= 0.3 is 0 Å². The van der Waals surface area contributed by atoms with Crippen molar-refractivity contribution in [3.05, 3.63) is 56.5 Å². The molecule has 0 radical (unpaired) electrons. The number of aliphatic imine (C=N–C) groups is 1. The molecule has 0 amide bonds. The van der Waals surface area contributed by atoms with E-state index in [1.54, 1.807) is 36.7 Å². The lowest BCUT2D eigenvalue weighted by Gasteiger charge is -2.11. The van der Waals surface area contributed by atoms with Crippen molar-refractivity contribution < 1.29 is 4.74 Å². The molecule has 154 valence electrons. The molecule has 1 heterocycles. The third-order valence-corrected chi connectivity index (χ3v) is 5.87. The lowest BCUT2D eigenvalue weighted by atomic mass is 10.1. The molecule has 0 aliphatic heterocycles. The third-order valence-electron chi connectivity index (χ3n) is 4.30. The first-order chi connectivity index (χ1) is 14.3. The van der Waals surface area contributed by atoms with Crippen LogP contribution in [0.25, 0.3) is 11.3 Å². The molecule has 0 saturated carbocycles. The maximum absolute atomic E-state index is 9.70. The SMILES string of the molecule is CCN(C)/C=N\c1cc(Cl)c(Oc2snc(-c3ccc(Cl)cc3Cl)c2C#N)cc1C. The summed E-state index contributed by atoms with van der Waals surface area (Å²) in [5.41, 5.74) is 2.96. The second kappa shape index (κ2) is 9.67. The predicted molar refractivity (Wildman–Crippen MR) is 125 cm³/mol. The Bertz CT molecular complexity index is 1150. The summed E-state index contributed by atoms with van der Waals surface area (Å²) in [6.07, 6.45) is 1.75. The minimum Gasteiger partial charge on any atom is -0.442 e. The molecular formula is C21H17Cl3N4OS. The van der Waals surface area contributed by atoms with Crippen molar-refractivity contribution in [1.82, 2.24) is 9.27 Å². The number of halogens is 3. The Morgan fingerprint density at radius 1 is 1.23 bits per heavy atom. The quantitative estimate of drug-likeness (QED) is 0.274. The molecule has 0 atom stereocenters. The fraction of sp³-hybridized carbons (Fsp3) is 0.190. The van der Waals surface area contributed by atoms with Crippen LogP contribution in [0, 0.1) is 18.3 Å². The van der Waals surface area contributed by atoms with Gasteiger partial charge in [0.15, 0.2) is 0 Å². The minimum atomic E-state index is 0.282. The normalized spacial score (nSPS) is 11.0. The van der Waals surface area contributed by atoms with Gasteiger partial charge in [-0.25, -0.2) is 4.99 Å². The van der Waals surface area contributed by atoms with E-state index in [1.807, 2.05) is 25.8 Å². The first-order valence-electron chi connectivity index (χ1n) is 8.91. The molecule has 0 aliphatic carbocycles. The van der Waals surface area contributed by atoms with Gasteiger partial charge in [0, 0.05) is 35.7 Å². The number of hydrogen-bond acceptors (Lipinski definition) is 5. The van der Waals surface area contributed by atoms with Crippen LogP contribution in [0.4, 0.5) is 5.69 Å². The number of ether oxygens (including phenoxy) is 1. The Morgan fingerprint density at radius 3 is 2.67 bits per heavy atom. The van der Waals surface area contributed by atoms with Gasteiger partial charge in [-0.15, -0.1) is 0 Å². The zero-order valence-corrected chi connectivity index (χ0v) is 19.5. The summed E-state index contributed by atoms with van der Waals surface area (Å²) in [6.45, 7) is 4.80. The van der Waals surface area contributed by atoms with Gasteiger partial charge in [0.25, 0.3) is 0 Å². The van der Waals surface area contributed by atoms with E-state index in [1.165, 1.54) is 0 Å². The lowest BCUT2D eigenvalue weighted by molar-refractivity contribution is 0.495. The van der Waals surface area contributed by atoms with E-state index in [9.17, 15) is 5.26 Å². The molecule has 0 spiro atoms. The highest BCUT2D eigenvalue weighted by Crippen LogP contribution is 2.42. The molecule has 1 aromatic heterocycles. The average molecular weight is 480 g/mol. The molecule has 0 aliphatic rings. The van der Waals surface area contributed by atoms with Crippen molar-refractivity contribution in [2.24, 2.45) is 4.99 Å². The van der Waals surface area contributed by atoms with Crippen LogP contribution in [-0.2, 0) is 0 Å². The summed E-state index contributed by atoms with van der Waals surface area (Å²) in [6, 6.07) is 10.7. The molecule has 5 nitrogen and oxygen atoms in total. The Kier molecular flexibility index (Phi) is 7.22. The van der Waals surface area contributed by atoms with Crippen molar-refractivity contribution in [1.29, 1.82) is 5.26 Å². The highest BCUT2D eigenvalue weighted by Gasteiger charge is 2.20. The molecule has 0 N–H and O–H groups in total. The summed E-state index contributed by atoms with van der Waals surface area (Å²) in [4.78, 5) is 6.41. The van der Waals surface area contributed by atoms with Crippen molar-refractivity contribution in [3.8, 4) is 28.1 Å². The van der Waals surface area contributed by atoms with E-state index in [0.717, 1.165) is 29.3 Å². The van der Waals surface area contributed by atoms with Crippen molar-refractivity contribution in [3.63, 3.8) is 0 Å². The second-order valence-electron chi connectivity index (χ2n) is 6.42. The number of nitriles is 1. The van der Waals surface area contributed by atoms with Gasteiger partial charge < -0.3 is 9.64 Å². The van der Waals surface area contributed by atoms with E-state index in [-0.39, 0.29) is 5.56 Å². The number of aryl methyl sites for hydroxylation is 1. The van der Waals surface area contributed by atoms with Gasteiger partial charge in [0.2, 0.25) is 5.06 Å². The largest absolute Gasteiger partial charge is 0.442 e. The van der Waals surface area contributed by atoms with E-state index in [0.29, 0.717) is 37.1 Å². The molecule has 0 saturated heterocycles. The summed E-state index contributed by atoms with van der Waals surface area (Å²) >= 11 is 19.7. The number of benzene rings is 2. The average Bonchev–Trinajstić information content (AvgIpc) is 3.11. The standard InChI is InChI=1S/C21H17Cl3N4OS/c1-4-28(3)11-26-18-9-17(24)19(7-12(18)2)29-21-15(10-25)20(27-30-21)14-6-5-13(22)8-16(14)23/h5-9,11H,4H2,1-3H3/b26-11-. The Hall–Kier alpha value is -2.30. The maximum atomic E-state index is 9.70. The fourth-order valence-corrected chi connectivity index (χ4v) is 3.93. The molecular weight excluding hydrogens is 463 g/mol. The van der Waals surface area contributed by atoms with Gasteiger partial charge in [0.1, 0.15) is 23.1 Å². The highest BCUT2D eigenvalue weighted by atomic mass is 35.5. The van der Waals surface area contributed by atoms with Crippen LogP contribution >= 0.6 is 46.3 Å². The topological polar surface area (TPSA) is 61.5 Å². The Labute approximate surface area is 194 Å². The summed E-state index contributed by atoms with van der Waals surface area (Å²) < 4.78 is 10.3. The molecule has 0 unspecified atom stereocenters. The second-order valence-corrected chi connectivity index (χ2v) is 8.41. The molecule has 30 heavy (non-hydrogen) atoms. The predicted octanol–water partition coefficient (Wildman–Crippen LogP) is 7.35. The molecule has 2 aromatic carbocycles. The zero-order valence-electron chi connectivity index (χ0n) is 16.4. The van der Waals surface area contributed by atoms with Gasteiger partial charge in [-0.05, 0) is 49.7 Å². The Balaban J connectivity index is 1.94. The first kappa shape index (κ1) is 22.4. The van der Waals surface area contributed by atoms with E-state index in [2.05, 4.69) is 15.4 Å². The first-order valence-corrected chi connectivity index (χ1v) is 10.8. The minimum absolute atomic E-state index is 0.282. The number of rotatable bonds is 6. The Morgan fingerprint density at radius 2 is 2.00 bits per heavy atom.